The summed E-state index contributed by atoms with van der Waals surface area (Å²) in [7, 11) is -3.67. The fourth-order valence-electron chi connectivity index (χ4n) is 1.12. The zero-order chi connectivity index (χ0) is 12.3. The molecule has 0 aliphatic heterocycles. The second-order valence-electron chi connectivity index (χ2n) is 3.94. The molecule has 16 heavy (non-hydrogen) atoms. The molecule has 2 N–H and O–H groups in total. The van der Waals surface area contributed by atoms with Crippen LogP contribution >= 0.6 is 0 Å². The molecule has 1 saturated carbocycles. The molecular weight excluding hydrogens is 234 g/mol. The minimum Gasteiger partial charge on any atom is -0.481 e. The zero-order valence-electron chi connectivity index (χ0n) is 8.97. The number of nitrogens with one attached hydrogen (secondary N) is 1. The fourth-order valence-corrected chi connectivity index (χ4v) is 2.32. The van der Waals surface area contributed by atoms with E-state index in [1.54, 1.807) is 0 Å². The Hall–Kier alpha value is -1.11. The van der Waals surface area contributed by atoms with Gasteiger partial charge >= 0.3 is 5.97 Å². The lowest BCUT2D eigenvalue weighted by Crippen LogP contribution is -2.40. The Labute approximate surface area is 93.9 Å². The normalized spacial score (nSPS) is 17.8. The van der Waals surface area contributed by atoms with E-state index in [-0.39, 0.29) is 6.04 Å². The molecule has 7 heteroatoms. The summed E-state index contributed by atoms with van der Waals surface area (Å²) in [5.74, 6) is -2.21. The van der Waals surface area contributed by atoms with E-state index in [2.05, 4.69) is 5.32 Å². The van der Waals surface area contributed by atoms with Crippen molar-refractivity contribution in [2.24, 2.45) is 0 Å². The third kappa shape index (κ3) is 3.80. The van der Waals surface area contributed by atoms with E-state index >= 15 is 0 Å². The molecule has 0 heterocycles. The third-order valence-corrected chi connectivity index (χ3v) is 4.50. The van der Waals surface area contributed by atoms with Crippen molar-refractivity contribution in [1.29, 1.82) is 0 Å². The first kappa shape index (κ1) is 13.0. The summed E-state index contributed by atoms with van der Waals surface area (Å²) in [5.41, 5.74) is 0. The van der Waals surface area contributed by atoms with E-state index in [4.69, 9.17) is 5.11 Å². The molecule has 0 spiro atoms. The summed E-state index contributed by atoms with van der Waals surface area (Å²) in [6, 6.07) is 0.102. The zero-order valence-corrected chi connectivity index (χ0v) is 9.79. The fraction of sp³-hybridized carbons (Fsp3) is 0.778. The van der Waals surface area contributed by atoms with Gasteiger partial charge in [-0.05, 0) is 19.8 Å². The summed E-state index contributed by atoms with van der Waals surface area (Å²) in [6.07, 6.45) is 1.30. The van der Waals surface area contributed by atoms with Gasteiger partial charge in [-0.15, -0.1) is 0 Å². The minimum atomic E-state index is -3.67. The van der Waals surface area contributed by atoms with Crippen LogP contribution in [0.15, 0.2) is 0 Å². The van der Waals surface area contributed by atoms with Gasteiger partial charge < -0.3 is 10.4 Å². The van der Waals surface area contributed by atoms with Crippen molar-refractivity contribution in [2.75, 3.05) is 5.75 Å². The Bertz CT molecular complexity index is 385. The van der Waals surface area contributed by atoms with Crippen molar-refractivity contribution in [3.8, 4) is 0 Å². The largest absolute Gasteiger partial charge is 0.481 e. The molecule has 1 aliphatic carbocycles. The number of hydrogen-bond acceptors (Lipinski definition) is 4. The summed E-state index contributed by atoms with van der Waals surface area (Å²) >= 11 is 0. The maximum absolute atomic E-state index is 11.6. The maximum Gasteiger partial charge on any atom is 0.304 e. The van der Waals surface area contributed by atoms with Crippen molar-refractivity contribution in [3.63, 3.8) is 0 Å². The molecule has 0 bridgehead atoms. The SMILES string of the molecule is CC(C(=O)NC1CC1)S(=O)(=O)CCC(=O)O. The number of carboxylic acid groups (broad SMARTS) is 1. The van der Waals surface area contributed by atoms with Crippen LogP contribution in [0, 0.1) is 0 Å². The molecule has 1 aliphatic rings. The Morgan fingerprint density at radius 2 is 2.00 bits per heavy atom. The molecule has 0 aromatic rings. The monoisotopic (exact) mass is 249 g/mol. The van der Waals surface area contributed by atoms with Crippen molar-refractivity contribution in [1.82, 2.24) is 5.32 Å². The van der Waals surface area contributed by atoms with E-state index in [9.17, 15) is 18.0 Å². The molecule has 0 aromatic carbocycles. The van der Waals surface area contributed by atoms with Gasteiger partial charge in [0.25, 0.3) is 0 Å². The molecule has 1 atom stereocenters. The van der Waals surface area contributed by atoms with E-state index in [1.165, 1.54) is 6.92 Å². The van der Waals surface area contributed by atoms with Gasteiger partial charge in [0.15, 0.2) is 9.84 Å². The third-order valence-electron chi connectivity index (χ3n) is 2.43. The number of hydrogen-bond donors (Lipinski definition) is 2. The van der Waals surface area contributed by atoms with Gasteiger partial charge in [0.05, 0.1) is 12.2 Å². The molecule has 1 amide bonds. The lowest BCUT2D eigenvalue weighted by atomic mass is 10.4. The Kier molecular flexibility index (Phi) is 3.90. The van der Waals surface area contributed by atoms with Crippen LogP contribution in [0.25, 0.3) is 0 Å². The number of carbonyl (C=O) groups excluding carboxylic acids is 1. The number of sulfone groups is 1. The van der Waals surface area contributed by atoms with Gasteiger partial charge in [-0.2, -0.15) is 0 Å². The van der Waals surface area contributed by atoms with Gasteiger partial charge in [0.2, 0.25) is 5.91 Å². The number of rotatable bonds is 6. The highest BCUT2D eigenvalue weighted by atomic mass is 32.2. The lowest BCUT2D eigenvalue weighted by Gasteiger charge is -2.11. The van der Waals surface area contributed by atoms with Crippen LogP contribution in [-0.4, -0.2) is 42.4 Å². The summed E-state index contributed by atoms with van der Waals surface area (Å²) in [4.78, 5) is 21.7. The van der Waals surface area contributed by atoms with Crippen LogP contribution in [0.4, 0.5) is 0 Å². The van der Waals surface area contributed by atoms with Crippen molar-refractivity contribution in [2.45, 2.75) is 37.5 Å². The molecular formula is C9H15NO5S. The maximum atomic E-state index is 11.6. The standard InChI is InChI=1S/C9H15NO5S/c1-6(9(13)10-7-2-3-7)16(14,15)5-4-8(11)12/h6-7H,2-5H2,1H3,(H,10,13)(H,11,12). The van der Waals surface area contributed by atoms with E-state index in [0.29, 0.717) is 0 Å². The molecule has 92 valence electrons. The lowest BCUT2D eigenvalue weighted by molar-refractivity contribution is -0.136. The second kappa shape index (κ2) is 4.82. The highest BCUT2D eigenvalue weighted by Crippen LogP contribution is 2.19. The van der Waals surface area contributed by atoms with Gasteiger partial charge in [-0.25, -0.2) is 8.42 Å². The van der Waals surface area contributed by atoms with Gasteiger partial charge in [0, 0.05) is 6.04 Å². The number of amides is 1. The number of carboxylic acids is 1. The Balaban J connectivity index is 2.52. The van der Waals surface area contributed by atoms with Crippen LogP contribution < -0.4 is 5.32 Å². The predicted molar refractivity (Wildman–Crippen MR) is 56.7 cm³/mol. The molecule has 0 aromatic heterocycles. The molecule has 0 radical (unpaired) electrons. The average molecular weight is 249 g/mol. The van der Waals surface area contributed by atoms with E-state index in [0.717, 1.165) is 12.8 Å². The van der Waals surface area contributed by atoms with Crippen LogP contribution in [-0.2, 0) is 19.4 Å². The number of aliphatic carboxylic acids is 1. The minimum absolute atomic E-state index is 0.102. The molecule has 1 unspecified atom stereocenters. The van der Waals surface area contributed by atoms with Gasteiger partial charge in [0.1, 0.15) is 5.25 Å². The highest BCUT2D eigenvalue weighted by molar-refractivity contribution is 7.92. The van der Waals surface area contributed by atoms with Gasteiger partial charge in [-0.1, -0.05) is 0 Å². The predicted octanol–water partition coefficient (Wildman–Crippen LogP) is -0.457. The topological polar surface area (TPSA) is 101 Å². The van der Waals surface area contributed by atoms with Gasteiger partial charge in [-0.3, -0.25) is 9.59 Å². The highest BCUT2D eigenvalue weighted by Gasteiger charge is 2.32. The Morgan fingerprint density at radius 1 is 1.44 bits per heavy atom. The van der Waals surface area contributed by atoms with Crippen LogP contribution in [0.2, 0.25) is 0 Å². The van der Waals surface area contributed by atoms with Crippen LogP contribution in [0.3, 0.4) is 0 Å². The molecule has 0 saturated heterocycles. The molecule has 6 nitrogen and oxygen atoms in total. The Morgan fingerprint density at radius 3 is 2.44 bits per heavy atom. The van der Waals surface area contributed by atoms with Crippen molar-refractivity contribution < 1.29 is 23.1 Å². The van der Waals surface area contributed by atoms with E-state index in [1.807, 2.05) is 0 Å². The van der Waals surface area contributed by atoms with Crippen molar-refractivity contribution >= 4 is 21.7 Å². The van der Waals surface area contributed by atoms with Crippen LogP contribution in [0.1, 0.15) is 26.2 Å². The smallest absolute Gasteiger partial charge is 0.304 e. The quantitative estimate of drug-likeness (QED) is 0.663. The first-order valence-electron chi connectivity index (χ1n) is 5.06. The summed E-state index contributed by atoms with van der Waals surface area (Å²) in [6.45, 7) is 1.29. The second-order valence-corrected chi connectivity index (χ2v) is 6.38. The number of carbonyl (C=O) groups is 2. The molecule has 1 rings (SSSR count). The van der Waals surface area contributed by atoms with Crippen molar-refractivity contribution in [3.05, 3.63) is 0 Å². The van der Waals surface area contributed by atoms with E-state index < -0.39 is 39.1 Å². The molecule has 1 fully saturated rings. The average Bonchev–Trinajstić information content (AvgIpc) is 2.97. The van der Waals surface area contributed by atoms with Crippen LogP contribution in [0.5, 0.6) is 0 Å². The first-order chi connectivity index (χ1) is 7.33. The summed E-state index contributed by atoms with van der Waals surface area (Å²) in [5, 5.41) is 9.80. The summed E-state index contributed by atoms with van der Waals surface area (Å²) < 4.78 is 23.1. The first-order valence-corrected chi connectivity index (χ1v) is 6.78.